The number of aliphatic hydroxyl groups excluding tert-OH is 1. The maximum atomic E-state index is 10.5. The van der Waals surface area contributed by atoms with Gasteiger partial charge in [0.15, 0.2) is 0 Å². The number of hydrogen-bond donors (Lipinski definition) is 1. The molecule has 0 aliphatic carbocycles. The molecule has 0 fully saturated rings. The van der Waals surface area contributed by atoms with E-state index in [1.54, 1.807) is 0 Å². The molecule has 0 bridgehead atoms. The van der Waals surface area contributed by atoms with Gasteiger partial charge in [-0.2, -0.15) is 0 Å². The van der Waals surface area contributed by atoms with Crippen LogP contribution in [0.1, 0.15) is 88.4 Å². The fraction of sp³-hybridized carbons (Fsp3) is 0.714. The first-order valence-electron chi connectivity index (χ1n) is 9.51. The van der Waals surface area contributed by atoms with Gasteiger partial charge < -0.3 is 10.0 Å². The Morgan fingerprint density at radius 1 is 0.913 bits per heavy atom. The van der Waals surface area contributed by atoms with Crippen molar-refractivity contribution in [1.82, 2.24) is 4.90 Å². The van der Waals surface area contributed by atoms with E-state index in [0.29, 0.717) is 5.92 Å². The van der Waals surface area contributed by atoms with E-state index < -0.39 is 0 Å². The SMILES string of the molecule is CCCC(CCC)c1cccc(C(O)CCCCCN(C)C)c1. The highest BCUT2D eigenvalue weighted by Crippen LogP contribution is 2.29. The van der Waals surface area contributed by atoms with E-state index >= 15 is 0 Å². The van der Waals surface area contributed by atoms with E-state index in [-0.39, 0.29) is 6.10 Å². The highest BCUT2D eigenvalue weighted by Gasteiger charge is 2.13. The normalized spacial score (nSPS) is 13.0. The maximum absolute atomic E-state index is 10.5. The second-order valence-corrected chi connectivity index (χ2v) is 7.11. The smallest absolute Gasteiger partial charge is 0.0790 e. The molecule has 132 valence electrons. The molecule has 2 heteroatoms. The van der Waals surface area contributed by atoms with Crippen LogP contribution in [0.5, 0.6) is 0 Å². The van der Waals surface area contributed by atoms with Crippen molar-refractivity contribution in [3.8, 4) is 0 Å². The molecule has 0 saturated carbocycles. The van der Waals surface area contributed by atoms with E-state index in [0.717, 1.165) is 24.9 Å². The third-order valence-electron chi connectivity index (χ3n) is 4.62. The summed E-state index contributed by atoms with van der Waals surface area (Å²) >= 11 is 0. The predicted molar refractivity (Wildman–Crippen MR) is 101 cm³/mol. The Balaban J connectivity index is 2.53. The van der Waals surface area contributed by atoms with Gasteiger partial charge in [0.05, 0.1) is 6.10 Å². The van der Waals surface area contributed by atoms with Gasteiger partial charge in [-0.1, -0.05) is 63.8 Å². The monoisotopic (exact) mass is 319 g/mol. The van der Waals surface area contributed by atoms with Crippen molar-refractivity contribution >= 4 is 0 Å². The molecule has 0 heterocycles. The van der Waals surface area contributed by atoms with Crippen LogP contribution in [0, 0.1) is 0 Å². The second kappa shape index (κ2) is 11.6. The Hall–Kier alpha value is -0.860. The Bertz CT molecular complexity index is 410. The number of aliphatic hydroxyl groups is 1. The Labute approximate surface area is 143 Å². The van der Waals surface area contributed by atoms with Gasteiger partial charge in [-0.3, -0.25) is 0 Å². The molecule has 0 amide bonds. The van der Waals surface area contributed by atoms with E-state index in [1.807, 2.05) is 0 Å². The van der Waals surface area contributed by atoms with E-state index in [2.05, 4.69) is 57.1 Å². The van der Waals surface area contributed by atoms with E-state index in [9.17, 15) is 5.11 Å². The number of rotatable bonds is 12. The van der Waals surface area contributed by atoms with Crippen LogP contribution in [0.2, 0.25) is 0 Å². The molecule has 1 N–H and O–H groups in total. The highest BCUT2D eigenvalue weighted by atomic mass is 16.3. The quantitative estimate of drug-likeness (QED) is 0.512. The second-order valence-electron chi connectivity index (χ2n) is 7.11. The first kappa shape index (κ1) is 20.2. The minimum Gasteiger partial charge on any atom is -0.388 e. The molecule has 2 nitrogen and oxygen atoms in total. The lowest BCUT2D eigenvalue weighted by Gasteiger charge is -2.18. The minimum absolute atomic E-state index is 0.307. The molecule has 23 heavy (non-hydrogen) atoms. The molecule has 1 aromatic carbocycles. The molecule has 0 aliphatic heterocycles. The summed E-state index contributed by atoms with van der Waals surface area (Å²) in [4.78, 5) is 2.22. The standard InChI is InChI=1S/C21H37NO/c1-5-11-18(12-6-2)19-13-10-14-20(17-19)21(23)15-8-7-9-16-22(3)4/h10,13-14,17-18,21,23H,5-9,11-12,15-16H2,1-4H3. The van der Waals surface area contributed by atoms with Gasteiger partial charge in [0.2, 0.25) is 0 Å². The Kier molecular flexibility index (Phi) is 10.2. The predicted octanol–water partition coefficient (Wildman–Crippen LogP) is 5.53. The van der Waals surface area contributed by atoms with Crippen LogP contribution in [0.25, 0.3) is 0 Å². The third-order valence-corrected chi connectivity index (χ3v) is 4.62. The molecule has 0 radical (unpaired) electrons. The van der Waals surface area contributed by atoms with Crippen LogP contribution in [0.15, 0.2) is 24.3 Å². The highest BCUT2D eigenvalue weighted by molar-refractivity contribution is 5.28. The molecule has 0 saturated heterocycles. The lowest BCUT2D eigenvalue weighted by molar-refractivity contribution is 0.163. The largest absolute Gasteiger partial charge is 0.388 e. The molecular formula is C21H37NO. The summed E-state index contributed by atoms with van der Waals surface area (Å²) in [6.07, 6.45) is 9.04. The number of hydrogen-bond acceptors (Lipinski definition) is 2. The molecule has 1 unspecified atom stereocenters. The summed E-state index contributed by atoms with van der Waals surface area (Å²) < 4.78 is 0. The van der Waals surface area contributed by atoms with Crippen LogP contribution in [-0.4, -0.2) is 30.6 Å². The Morgan fingerprint density at radius 2 is 1.57 bits per heavy atom. The topological polar surface area (TPSA) is 23.5 Å². The average Bonchev–Trinajstić information content (AvgIpc) is 2.54. The average molecular weight is 320 g/mol. The van der Waals surface area contributed by atoms with Crippen LogP contribution < -0.4 is 0 Å². The molecule has 0 spiro atoms. The van der Waals surface area contributed by atoms with Crippen molar-refractivity contribution in [1.29, 1.82) is 0 Å². The summed E-state index contributed by atoms with van der Waals surface area (Å²) in [6, 6.07) is 8.70. The summed E-state index contributed by atoms with van der Waals surface area (Å²) in [5.41, 5.74) is 2.52. The van der Waals surface area contributed by atoms with Crippen LogP contribution in [0.3, 0.4) is 0 Å². The van der Waals surface area contributed by atoms with Gasteiger partial charge >= 0.3 is 0 Å². The number of unbranched alkanes of at least 4 members (excludes halogenated alkanes) is 2. The van der Waals surface area contributed by atoms with E-state index in [4.69, 9.17) is 0 Å². The zero-order chi connectivity index (χ0) is 17.1. The van der Waals surface area contributed by atoms with Crippen molar-refractivity contribution in [2.24, 2.45) is 0 Å². The zero-order valence-corrected chi connectivity index (χ0v) is 15.7. The van der Waals surface area contributed by atoms with Crippen molar-refractivity contribution in [3.63, 3.8) is 0 Å². The molecular weight excluding hydrogens is 282 g/mol. The zero-order valence-electron chi connectivity index (χ0n) is 15.7. The van der Waals surface area contributed by atoms with Gasteiger partial charge in [0, 0.05) is 0 Å². The van der Waals surface area contributed by atoms with Gasteiger partial charge in [-0.25, -0.2) is 0 Å². The summed E-state index contributed by atoms with van der Waals surface area (Å²) in [5.74, 6) is 0.650. The number of benzene rings is 1. The fourth-order valence-electron chi connectivity index (χ4n) is 3.30. The van der Waals surface area contributed by atoms with E-state index in [1.165, 1.54) is 44.1 Å². The molecule has 1 atom stereocenters. The van der Waals surface area contributed by atoms with Crippen LogP contribution in [0.4, 0.5) is 0 Å². The van der Waals surface area contributed by atoms with Gasteiger partial charge in [0.25, 0.3) is 0 Å². The van der Waals surface area contributed by atoms with Crippen molar-refractivity contribution < 1.29 is 5.11 Å². The fourth-order valence-corrected chi connectivity index (χ4v) is 3.30. The maximum Gasteiger partial charge on any atom is 0.0790 e. The first-order chi connectivity index (χ1) is 11.1. The van der Waals surface area contributed by atoms with Gasteiger partial charge in [-0.15, -0.1) is 0 Å². The van der Waals surface area contributed by atoms with Crippen molar-refractivity contribution in [2.45, 2.75) is 77.2 Å². The van der Waals surface area contributed by atoms with Crippen LogP contribution >= 0.6 is 0 Å². The lowest BCUT2D eigenvalue weighted by Crippen LogP contribution is -2.12. The molecule has 1 aromatic rings. The first-order valence-corrected chi connectivity index (χ1v) is 9.51. The van der Waals surface area contributed by atoms with Crippen LogP contribution in [-0.2, 0) is 0 Å². The minimum atomic E-state index is -0.307. The number of nitrogens with zero attached hydrogens (tertiary/aromatic N) is 1. The third kappa shape index (κ3) is 7.99. The van der Waals surface area contributed by atoms with Gasteiger partial charge in [0.1, 0.15) is 0 Å². The summed E-state index contributed by atoms with van der Waals surface area (Å²) in [6.45, 7) is 5.66. The molecule has 0 aromatic heterocycles. The Morgan fingerprint density at radius 3 is 2.17 bits per heavy atom. The van der Waals surface area contributed by atoms with Crippen molar-refractivity contribution in [2.75, 3.05) is 20.6 Å². The molecule has 0 aliphatic rings. The molecule has 1 rings (SSSR count). The lowest BCUT2D eigenvalue weighted by atomic mass is 9.88. The van der Waals surface area contributed by atoms with Gasteiger partial charge in [-0.05, 0) is 63.4 Å². The van der Waals surface area contributed by atoms with Crippen molar-refractivity contribution in [3.05, 3.63) is 35.4 Å². The summed E-state index contributed by atoms with van der Waals surface area (Å²) in [7, 11) is 4.23. The summed E-state index contributed by atoms with van der Waals surface area (Å²) in [5, 5.41) is 10.5.